The van der Waals surface area contributed by atoms with E-state index in [4.69, 9.17) is 0 Å². The lowest BCUT2D eigenvalue weighted by Crippen LogP contribution is -2.31. The lowest BCUT2D eigenvalue weighted by molar-refractivity contribution is -0.117. The molecular formula is C9H18N2O. The fourth-order valence-corrected chi connectivity index (χ4v) is 0.811. The standard InChI is InChI=1S/C9H18N2O/c1-3-5-6-10-7-8-11(4-2)9-12/h3,5,9-10H,4,6-8H2,1-2H3/b5-3-. The molecule has 0 fully saturated rings. The molecule has 3 nitrogen and oxygen atoms in total. The third-order valence-electron chi connectivity index (χ3n) is 1.63. The molecule has 0 saturated carbocycles. The van der Waals surface area contributed by atoms with Gasteiger partial charge in [0.25, 0.3) is 0 Å². The minimum atomic E-state index is 0.787. The van der Waals surface area contributed by atoms with Crippen molar-refractivity contribution in [3.63, 3.8) is 0 Å². The maximum Gasteiger partial charge on any atom is 0.209 e. The summed E-state index contributed by atoms with van der Waals surface area (Å²) in [5.41, 5.74) is 0. The maximum absolute atomic E-state index is 10.3. The van der Waals surface area contributed by atoms with Crippen molar-refractivity contribution >= 4 is 6.41 Å². The number of nitrogens with zero attached hydrogens (tertiary/aromatic N) is 1. The van der Waals surface area contributed by atoms with Crippen LogP contribution in [0.4, 0.5) is 0 Å². The van der Waals surface area contributed by atoms with E-state index in [-0.39, 0.29) is 0 Å². The van der Waals surface area contributed by atoms with E-state index in [1.807, 2.05) is 19.9 Å². The predicted octanol–water partition coefficient (Wildman–Crippen LogP) is 0.630. The van der Waals surface area contributed by atoms with Gasteiger partial charge in [0.05, 0.1) is 0 Å². The Morgan fingerprint density at radius 2 is 2.25 bits per heavy atom. The molecule has 0 aliphatic rings. The molecule has 70 valence electrons. The molecule has 0 radical (unpaired) electrons. The second-order valence-corrected chi connectivity index (χ2v) is 2.51. The van der Waals surface area contributed by atoms with Crippen molar-refractivity contribution < 1.29 is 4.79 Å². The van der Waals surface area contributed by atoms with Gasteiger partial charge in [0.1, 0.15) is 0 Å². The Morgan fingerprint density at radius 3 is 2.75 bits per heavy atom. The Balaban J connectivity index is 3.23. The van der Waals surface area contributed by atoms with Crippen molar-refractivity contribution in [3.05, 3.63) is 12.2 Å². The second kappa shape index (κ2) is 8.27. The highest BCUT2D eigenvalue weighted by Gasteiger charge is 1.94. The molecule has 12 heavy (non-hydrogen) atoms. The van der Waals surface area contributed by atoms with Crippen LogP contribution in [-0.2, 0) is 4.79 Å². The molecule has 0 aromatic heterocycles. The van der Waals surface area contributed by atoms with E-state index >= 15 is 0 Å². The van der Waals surface area contributed by atoms with Crippen LogP contribution in [0.5, 0.6) is 0 Å². The van der Waals surface area contributed by atoms with Crippen molar-refractivity contribution in [2.75, 3.05) is 26.2 Å². The van der Waals surface area contributed by atoms with Crippen LogP contribution in [-0.4, -0.2) is 37.5 Å². The number of amides is 1. The number of nitrogens with one attached hydrogen (secondary N) is 1. The number of hydrogen-bond acceptors (Lipinski definition) is 2. The van der Waals surface area contributed by atoms with E-state index in [1.54, 1.807) is 4.90 Å². The van der Waals surface area contributed by atoms with E-state index < -0.39 is 0 Å². The van der Waals surface area contributed by atoms with Crippen molar-refractivity contribution in [3.8, 4) is 0 Å². The first-order valence-electron chi connectivity index (χ1n) is 4.36. The molecule has 1 amide bonds. The minimum Gasteiger partial charge on any atom is -0.344 e. The molecule has 0 rings (SSSR count). The zero-order valence-corrected chi connectivity index (χ0v) is 7.92. The monoisotopic (exact) mass is 170 g/mol. The van der Waals surface area contributed by atoms with Gasteiger partial charge >= 0.3 is 0 Å². The van der Waals surface area contributed by atoms with Crippen LogP contribution in [0.1, 0.15) is 13.8 Å². The highest BCUT2D eigenvalue weighted by atomic mass is 16.1. The van der Waals surface area contributed by atoms with Crippen LogP contribution in [0, 0.1) is 0 Å². The highest BCUT2D eigenvalue weighted by Crippen LogP contribution is 1.78. The summed E-state index contributed by atoms with van der Waals surface area (Å²) >= 11 is 0. The van der Waals surface area contributed by atoms with E-state index in [0.29, 0.717) is 0 Å². The second-order valence-electron chi connectivity index (χ2n) is 2.51. The van der Waals surface area contributed by atoms with Crippen molar-refractivity contribution in [1.82, 2.24) is 10.2 Å². The van der Waals surface area contributed by atoms with E-state index in [2.05, 4.69) is 11.4 Å². The number of rotatable bonds is 7. The molecule has 0 spiro atoms. The zero-order chi connectivity index (χ0) is 9.23. The summed E-state index contributed by atoms with van der Waals surface area (Å²) in [6.45, 7) is 7.28. The first kappa shape index (κ1) is 11.2. The van der Waals surface area contributed by atoms with Crippen molar-refractivity contribution in [2.45, 2.75) is 13.8 Å². The first-order chi connectivity index (χ1) is 5.85. The van der Waals surface area contributed by atoms with Gasteiger partial charge in [0.2, 0.25) is 6.41 Å². The summed E-state index contributed by atoms with van der Waals surface area (Å²) in [4.78, 5) is 12.1. The van der Waals surface area contributed by atoms with Gasteiger partial charge in [-0.05, 0) is 13.8 Å². The first-order valence-corrected chi connectivity index (χ1v) is 4.36. The lowest BCUT2D eigenvalue weighted by atomic mass is 10.5. The number of allylic oxidation sites excluding steroid dienone is 1. The number of likely N-dealkylation sites (N-methyl/N-ethyl adjacent to an activating group) is 1. The molecule has 0 aliphatic heterocycles. The smallest absolute Gasteiger partial charge is 0.209 e. The Morgan fingerprint density at radius 1 is 1.50 bits per heavy atom. The fourth-order valence-electron chi connectivity index (χ4n) is 0.811. The van der Waals surface area contributed by atoms with Crippen molar-refractivity contribution in [2.24, 2.45) is 0 Å². The zero-order valence-electron chi connectivity index (χ0n) is 7.92. The quantitative estimate of drug-likeness (QED) is 0.345. The Bertz CT molecular complexity index is 134. The highest BCUT2D eigenvalue weighted by molar-refractivity contribution is 5.46. The summed E-state index contributed by atoms with van der Waals surface area (Å²) in [5, 5.41) is 3.20. The fraction of sp³-hybridized carbons (Fsp3) is 0.667. The van der Waals surface area contributed by atoms with Gasteiger partial charge in [-0.15, -0.1) is 0 Å². The summed E-state index contributed by atoms with van der Waals surface area (Å²) in [6.07, 6.45) is 4.94. The normalized spacial score (nSPS) is 10.5. The molecule has 0 bridgehead atoms. The lowest BCUT2D eigenvalue weighted by Gasteiger charge is -2.13. The van der Waals surface area contributed by atoms with E-state index in [1.165, 1.54) is 0 Å². The van der Waals surface area contributed by atoms with Gasteiger partial charge in [-0.2, -0.15) is 0 Å². The molecule has 0 unspecified atom stereocenters. The van der Waals surface area contributed by atoms with Gasteiger partial charge in [-0.25, -0.2) is 0 Å². The van der Waals surface area contributed by atoms with Crippen LogP contribution in [0.2, 0.25) is 0 Å². The average molecular weight is 170 g/mol. The molecule has 1 N–H and O–H groups in total. The molecule has 0 saturated heterocycles. The van der Waals surface area contributed by atoms with Crippen LogP contribution in [0.25, 0.3) is 0 Å². The Labute approximate surface area is 74.4 Å². The third kappa shape index (κ3) is 5.92. The van der Waals surface area contributed by atoms with Gasteiger partial charge in [-0.1, -0.05) is 12.2 Å². The molecule has 3 heteroatoms. The van der Waals surface area contributed by atoms with Crippen LogP contribution in [0.3, 0.4) is 0 Å². The molecule has 0 atom stereocenters. The third-order valence-corrected chi connectivity index (χ3v) is 1.63. The summed E-state index contributed by atoms with van der Waals surface area (Å²) in [7, 11) is 0. The Kier molecular flexibility index (Phi) is 7.70. The predicted molar refractivity (Wildman–Crippen MR) is 51.0 cm³/mol. The molecule has 0 heterocycles. The van der Waals surface area contributed by atoms with Gasteiger partial charge in [-0.3, -0.25) is 4.79 Å². The van der Waals surface area contributed by atoms with E-state index in [0.717, 1.165) is 32.6 Å². The summed E-state index contributed by atoms with van der Waals surface area (Å²) < 4.78 is 0. The van der Waals surface area contributed by atoms with Gasteiger partial charge in [0, 0.05) is 26.2 Å². The summed E-state index contributed by atoms with van der Waals surface area (Å²) in [5.74, 6) is 0. The molecule has 0 aromatic rings. The van der Waals surface area contributed by atoms with Crippen LogP contribution in [0.15, 0.2) is 12.2 Å². The largest absolute Gasteiger partial charge is 0.344 e. The summed E-state index contributed by atoms with van der Waals surface area (Å²) in [6, 6.07) is 0. The number of carbonyl (C=O) groups is 1. The number of hydrogen-bond donors (Lipinski definition) is 1. The topological polar surface area (TPSA) is 32.3 Å². The maximum atomic E-state index is 10.3. The van der Waals surface area contributed by atoms with E-state index in [9.17, 15) is 4.79 Å². The molecule has 0 aromatic carbocycles. The van der Waals surface area contributed by atoms with Gasteiger partial charge in [0.15, 0.2) is 0 Å². The number of carbonyl (C=O) groups excluding carboxylic acids is 1. The van der Waals surface area contributed by atoms with Crippen LogP contribution >= 0.6 is 0 Å². The van der Waals surface area contributed by atoms with Crippen LogP contribution < -0.4 is 5.32 Å². The molecular weight excluding hydrogens is 152 g/mol. The van der Waals surface area contributed by atoms with Crippen molar-refractivity contribution in [1.29, 1.82) is 0 Å². The molecule has 0 aliphatic carbocycles. The SMILES string of the molecule is C/C=C\CNCCN(C=O)CC. The van der Waals surface area contributed by atoms with Gasteiger partial charge < -0.3 is 10.2 Å². The average Bonchev–Trinajstić information content (AvgIpc) is 2.11. The minimum absolute atomic E-state index is 0.787. The Hall–Kier alpha value is -0.830.